The van der Waals surface area contributed by atoms with E-state index in [9.17, 15) is 26.3 Å². The quantitative estimate of drug-likeness (QED) is 0.506. The van der Waals surface area contributed by atoms with Gasteiger partial charge in [-0.1, -0.05) is 24.1 Å². The maximum Gasteiger partial charge on any atom is 0.419 e. The summed E-state index contributed by atoms with van der Waals surface area (Å²) in [5, 5.41) is 0. The highest BCUT2D eigenvalue weighted by Crippen LogP contribution is 2.36. The molecular weight excluding hydrogens is 404 g/mol. The Labute approximate surface area is 162 Å². The van der Waals surface area contributed by atoms with Gasteiger partial charge in [0.1, 0.15) is 5.82 Å². The number of hydrogen-bond acceptors (Lipinski definition) is 4. The molecule has 2 heterocycles. The molecule has 0 atom stereocenters. The second-order valence-corrected chi connectivity index (χ2v) is 7.32. The van der Waals surface area contributed by atoms with Gasteiger partial charge < -0.3 is 4.90 Å². The molecule has 152 valence electrons. The molecule has 1 aromatic heterocycles. The predicted molar refractivity (Wildman–Crippen MR) is 95.8 cm³/mol. The first-order valence-electron chi connectivity index (χ1n) is 8.46. The van der Waals surface area contributed by atoms with Gasteiger partial charge in [0.25, 0.3) is 0 Å². The molecule has 0 bridgehead atoms. The van der Waals surface area contributed by atoms with Crippen molar-refractivity contribution in [1.82, 2.24) is 9.29 Å². The van der Waals surface area contributed by atoms with Crippen LogP contribution in [0.4, 0.5) is 32.2 Å². The van der Waals surface area contributed by atoms with Crippen LogP contribution in [-0.4, -0.2) is 35.5 Å². The van der Waals surface area contributed by atoms with Crippen LogP contribution in [0.3, 0.4) is 0 Å². The molecule has 0 spiro atoms. The van der Waals surface area contributed by atoms with Crippen LogP contribution < -0.4 is 4.90 Å². The second kappa shape index (κ2) is 8.20. The minimum Gasteiger partial charge on any atom is -0.353 e. The summed E-state index contributed by atoms with van der Waals surface area (Å²) in [6.07, 6.45) is -7.48. The zero-order chi connectivity index (χ0) is 20.4. The SMILES string of the molecule is FC(F)(F)c1ccc(CSN2CCN(c3ncccc3C(F)(F)F)CC2)cc1. The molecule has 0 aliphatic carbocycles. The highest BCUT2D eigenvalue weighted by atomic mass is 32.2. The van der Waals surface area contributed by atoms with Crippen LogP contribution in [0.5, 0.6) is 0 Å². The molecule has 3 nitrogen and oxygen atoms in total. The molecule has 0 unspecified atom stereocenters. The van der Waals surface area contributed by atoms with Gasteiger partial charge in [-0.15, -0.1) is 0 Å². The molecule has 0 amide bonds. The van der Waals surface area contributed by atoms with Crippen LogP contribution in [-0.2, 0) is 18.1 Å². The fourth-order valence-electron chi connectivity index (χ4n) is 2.86. The number of alkyl halides is 6. The number of nitrogens with zero attached hydrogens (tertiary/aromatic N) is 3. The Balaban J connectivity index is 1.54. The number of anilines is 1. The molecule has 2 aromatic rings. The van der Waals surface area contributed by atoms with E-state index < -0.39 is 23.5 Å². The van der Waals surface area contributed by atoms with Crippen molar-refractivity contribution in [3.05, 3.63) is 59.3 Å². The summed E-state index contributed by atoms with van der Waals surface area (Å²) in [5.74, 6) is 0.428. The van der Waals surface area contributed by atoms with Crippen molar-refractivity contribution < 1.29 is 26.3 Å². The maximum atomic E-state index is 13.1. The van der Waals surface area contributed by atoms with Gasteiger partial charge in [-0.05, 0) is 29.8 Å². The fourth-order valence-corrected chi connectivity index (χ4v) is 3.80. The molecule has 1 saturated heterocycles. The van der Waals surface area contributed by atoms with E-state index in [-0.39, 0.29) is 5.82 Å². The molecule has 28 heavy (non-hydrogen) atoms. The predicted octanol–water partition coefficient (Wildman–Crippen LogP) is 5.09. The number of piperazine rings is 1. The first kappa shape index (κ1) is 20.8. The Morgan fingerprint density at radius 1 is 0.857 bits per heavy atom. The molecule has 3 rings (SSSR count). The van der Waals surface area contributed by atoms with Crippen LogP contribution in [0.1, 0.15) is 16.7 Å². The largest absolute Gasteiger partial charge is 0.419 e. The van der Waals surface area contributed by atoms with E-state index in [4.69, 9.17) is 0 Å². The minimum absolute atomic E-state index is 0.0672. The summed E-state index contributed by atoms with van der Waals surface area (Å²) < 4.78 is 79.2. The van der Waals surface area contributed by atoms with Crippen LogP contribution >= 0.6 is 11.9 Å². The van der Waals surface area contributed by atoms with E-state index in [1.165, 1.54) is 36.3 Å². The third kappa shape index (κ3) is 5.11. The molecule has 0 radical (unpaired) electrons. The van der Waals surface area contributed by atoms with Crippen molar-refractivity contribution in [1.29, 1.82) is 0 Å². The summed E-state index contributed by atoms with van der Waals surface area (Å²) in [4.78, 5) is 5.51. The summed E-state index contributed by atoms with van der Waals surface area (Å²) in [5.41, 5.74) is -0.684. The normalized spacial score (nSPS) is 16.4. The van der Waals surface area contributed by atoms with Gasteiger partial charge in [0.15, 0.2) is 0 Å². The second-order valence-electron chi connectivity index (χ2n) is 6.26. The van der Waals surface area contributed by atoms with E-state index >= 15 is 0 Å². The van der Waals surface area contributed by atoms with Gasteiger partial charge in [-0.2, -0.15) is 26.3 Å². The molecule has 0 N–H and O–H groups in total. The topological polar surface area (TPSA) is 19.4 Å². The number of rotatable bonds is 4. The van der Waals surface area contributed by atoms with Gasteiger partial charge in [0.2, 0.25) is 0 Å². The van der Waals surface area contributed by atoms with Crippen molar-refractivity contribution >= 4 is 17.8 Å². The summed E-state index contributed by atoms with van der Waals surface area (Å²) in [6.45, 7) is 1.83. The van der Waals surface area contributed by atoms with Gasteiger partial charge in [0.05, 0.1) is 11.1 Å². The van der Waals surface area contributed by atoms with Gasteiger partial charge in [-0.3, -0.25) is 0 Å². The van der Waals surface area contributed by atoms with Gasteiger partial charge >= 0.3 is 12.4 Å². The number of halogens is 6. The Morgan fingerprint density at radius 2 is 1.50 bits per heavy atom. The molecule has 1 aliphatic rings. The highest BCUT2D eigenvalue weighted by molar-refractivity contribution is 7.96. The smallest absolute Gasteiger partial charge is 0.353 e. The lowest BCUT2D eigenvalue weighted by Gasteiger charge is -2.35. The molecule has 10 heteroatoms. The maximum absolute atomic E-state index is 13.1. The molecular formula is C18H17F6N3S. The Bertz CT molecular complexity index is 783. The lowest BCUT2D eigenvalue weighted by atomic mass is 10.1. The Kier molecular flexibility index (Phi) is 6.09. The summed E-state index contributed by atoms with van der Waals surface area (Å²) in [6, 6.07) is 7.27. The van der Waals surface area contributed by atoms with E-state index in [1.54, 1.807) is 4.90 Å². The average molecular weight is 421 g/mol. The first-order chi connectivity index (χ1) is 13.1. The molecule has 1 aromatic carbocycles. The van der Waals surface area contributed by atoms with Crippen LogP contribution in [0.25, 0.3) is 0 Å². The van der Waals surface area contributed by atoms with Crippen LogP contribution in [0.15, 0.2) is 42.6 Å². The highest BCUT2D eigenvalue weighted by Gasteiger charge is 2.36. The van der Waals surface area contributed by atoms with Crippen molar-refractivity contribution in [2.45, 2.75) is 18.1 Å². The monoisotopic (exact) mass is 421 g/mol. The Hall–Kier alpha value is -1.94. The number of hydrogen-bond donors (Lipinski definition) is 0. The van der Waals surface area contributed by atoms with Gasteiger partial charge in [-0.25, -0.2) is 9.29 Å². The van der Waals surface area contributed by atoms with Crippen molar-refractivity contribution in [3.63, 3.8) is 0 Å². The van der Waals surface area contributed by atoms with Crippen molar-refractivity contribution in [2.24, 2.45) is 0 Å². The van der Waals surface area contributed by atoms with Crippen LogP contribution in [0, 0.1) is 0 Å². The number of pyridine rings is 1. The van der Waals surface area contributed by atoms with E-state index in [0.717, 1.165) is 23.8 Å². The number of benzene rings is 1. The van der Waals surface area contributed by atoms with Crippen molar-refractivity contribution in [3.8, 4) is 0 Å². The summed E-state index contributed by atoms with van der Waals surface area (Å²) in [7, 11) is 0. The van der Waals surface area contributed by atoms with E-state index in [1.807, 2.05) is 4.31 Å². The zero-order valence-electron chi connectivity index (χ0n) is 14.6. The average Bonchev–Trinajstić information content (AvgIpc) is 2.66. The van der Waals surface area contributed by atoms with E-state index in [2.05, 4.69) is 4.98 Å². The first-order valence-corrected chi connectivity index (χ1v) is 9.40. The standard InChI is InChI=1S/C18H17F6N3S/c19-17(20,21)14-5-3-13(4-6-14)12-28-27-10-8-26(9-11-27)16-15(18(22,23)24)2-1-7-25-16/h1-7H,8-12H2. The van der Waals surface area contributed by atoms with Crippen LogP contribution in [0.2, 0.25) is 0 Å². The zero-order valence-corrected chi connectivity index (χ0v) is 15.4. The molecule has 1 aliphatic heterocycles. The van der Waals surface area contributed by atoms with Crippen molar-refractivity contribution in [2.75, 3.05) is 31.1 Å². The lowest BCUT2D eigenvalue weighted by molar-refractivity contribution is -0.138. The minimum atomic E-state index is -4.46. The van der Waals surface area contributed by atoms with E-state index in [0.29, 0.717) is 31.9 Å². The molecule has 1 fully saturated rings. The lowest BCUT2D eigenvalue weighted by Crippen LogP contribution is -2.44. The number of aromatic nitrogens is 1. The third-order valence-electron chi connectivity index (χ3n) is 4.33. The molecule has 0 saturated carbocycles. The fraction of sp³-hybridized carbons (Fsp3) is 0.389. The van der Waals surface area contributed by atoms with Gasteiger partial charge in [0, 0.05) is 38.1 Å². The Morgan fingerprint density at radius 3 is 2.07 bits per heavy atom. The third-order valence-corrected chi connectivity index (χ3v) is 5.52. The summed E-state index contributed by atoms with van der Waals surface area (Å²) >= 11 is 1.45.